The lowest BCUT2D eigenvalue weighted by Gasteiger charge is -2.18. The Morgan fingerprint density at radius 2 is 1.79 bits per heavy atom. The summed E-state index contributed by atoms with van der Waals surface area (Å²) in [5.74, 6) is -0.223. The number of hydrogen-bond donors (Lipinski definition) is 2. The number of halogens is 1. The first-order chi connectivity index (χ1) is 13.9. The van der Waals surface area contributed by atoms with E-state index >= 15 is 0 Å². The summed E-state index contributed by atoms with van der Waals surface area (Å²) >= 11 is 9.11. The van der Waals surface area contributed by atoms with E-state index in [0.29, 0.717) is 26.3 Å². The number of pyridine rings is 1. The van der Waals surface area contributed by atoms with E-state index in [1.807, 2.05) is 44.2 Å². The lowest BCUT2D eigenvalue weighted by molar-refractivity contribution is -0.578. The van der Waals surface area contributed by atoms with Gasteiger partial charge in [0, 0.05) is 21.8 Å². The number of aliphatic hydroxyl groups excluding tert-OH is 1. The highest BCUT2D eigenvalue weighted by Crippen LogP contribution is 2.24. The van der Waals surface area contributed by atoms with Crippen LogP contribution in [0.25, 0.3) is 11.5 Å². The van der Waals surface area contributed by atoms with Crippen LogP contribution in [0, 0.1) is 13.8 Å². The van der Waals surface area contributed by atoms with Gasteiger partial charge in [0.1, 0.15) is 0 Å². The Bertz CT molecular complexity index is 1080. The first-order valence-corrected chi connectivity index (χ1v) is 10.3. The molecule has 1 aromatic heterocycles. The van der Waals surface area contributed by atoms with Gasteiger partial charge in [-0.05, 0) is 60.6 Å². The standard InChI is InChI=1S/C23H21BrN2O2S/c1-15-10-16(2)12-18(11-15)25-23(29)21(26-9-5-6-17(13-26)14-27)22(28)19-7-3-4-8-20(19)24/h3-13,27H,14H2,1-2H3,(H-,25,28,29). The predicted octanol–water partition coefficient (Wildman–Crippen LogP) is 3.97. The molecule has 29 heavy (non-hydrogen) atoms. The summed E-state index contributed by atoms with van der Waals surface area (Å²) in [6, 6.07) is 16.8. The number of aliphatic hydroxyl groups is 1. The minimum Gasteiger partial charge on any atom is -0.867 e. The molecule has 0 aliphatic rings. The average Bonchev–Trinajstić information content (AvgIpc) is 2.67. The molecule has 1 heterocycles. The highest BCUT2D eigenvalue weighted by Gasteiger charge is 2.20. The van der Waals surface area contributed by atoms with Crippen LogP contribution >= 0.6 is 28.1 Å². The summed E-state index contributed by atoms with van der Waals surface area (Å²) in [5, 5.41) is 26.2. The van der Waals surface area contributed by atoms with Crippen molar-refractivity contribution >= 4 is 50.3 Å². The maximum absolute atomic E-state index is 13.5. The van der Waals surface area contributed by atoms with Crippen molar-refractivity contribution in [2.75, 3.05) is 5.32 Å². The SMILES string of the molecule is Cc1cc(C)cc(NC(=S)/C(=C(\[O-])c2ccccc2Br)[n+]2cccc(CO)c2)c1. The van der Waals surface area contributed by atoms with Crippen LogP contribution in [0.3, 0.4) is 0 Å². The van der Waals surface area contributed by atoms with Gasteiger partial charge in [0.05, 0.1) is 6.61 Å². The van der Waals surface area contributed by atoms with Crippen LogP contribution in [-0.2, 0) is 6.61 Å². The Balaban J connectivity index is 2.13. The molecule has 0 spiro atoms. The van der Waals surface area contributed by atoms with Gasteiger partial charge in [0.2, 0.25) is 5.70 Å². The molecule has 0 fully saturated rings. The van der Waals surface area contributed by atoms with E-state index in [0.717, 1.165) is 16.8 Å². The minimum absolute atomic E-state index is 0.130. The largest absolute Gasteiger partial charge is 0.867 e. The molecule has 148 valence electrons. The van der Waals surface area contributed by atoms with Crippen LogP contribution in [0.5, 0.6) is 0 Å². The fraction of sp³-hybridized carbons (Fsp3) is 0.130. The number of anilines is 1. The molecule has 0 aliphatic heterocycles. The molecule has 4 nitrogen and oxygen atoms in total. The molecular formula is C23H21BrN2O2S. The number of nitrogens with zero attached hydrogens (tertiary/aromatic N) is 1. The molecule has 0 unspecified atom stereocenters. The molecule has 0 amide bonds. The topological polar surface area (TPSA) is 59.2 Å². The van der Waals surface area contributed by atoms with Gasteiger partial charge in [-0.25, -0.2) is 0 Å². The Labute approximate surface area is 184 Å². The molecule has 0 aliphatic carbocycles. The fourth-order valence-electron chi connectivity index (χ4n) is 3.10. The zero-order chi connectivity index (χ0) is 21.0. The maximum atomic E-state index is 13.5. The van der Waals surface area contributed by atoms with Crippen LogP contribution in [0.4, 0.5) is 5.69 Å². The van der Waals surface area contributed by atoms with E-state index < -0.39 is 0 Å². The molecule has 3 aromatic rings. The third-order valence-electron chi connectivity index (χ3n) is 4.33. The molecule has 0 radical (unpaired) electrons. The molecule has 6 heteroatoms. The molecule has 0 saturated carbocycles. The third kappa shape index (κ3) is 5.09. The minimum atomic E-state index is -0.223. The average molecular weight is 469 g/mol. The summed E-state index contributed by atoms with van der Waals surface area (Å²) in [6.45, 7) is 3.89. The summed E-state index contributed by atoms with van der Waals surface area (Å²) in [7, 11) is 0. The van der Waals surface area contributed by atoms with Crippen molar-refractivity contribution in [3.63, 3.8) is 0 Å². The Morgan fingerprint density at radius 1 is 1.10 bits per heavy atom. The van der Waals surface area contributed by atoms with E-state index in [2.05, 4.69) is 27.3 Å². The summed E-state index contributed by atoms with van der Waals surface area (Å²) < 4.78 is 2.35. The lowest BCUT2D eigenvalue weighted by atomic mass is 10.1. The van der Waals surface area contributed by atoms with Crippen molar-refractivity contribution in [3.05, 3.63) is 93.7 Å². The van der Waals surface area contributed by atoms with Crippen LogP contribution in [0.1, 0.15) is 22.3 Å². The predicted molar refractivity (Wildman–Crippen MR) is 122 cm³/mol. The molecule has 0 atom stereocenters. The second kappa shape index (κ2) is 9.31. The molecule has 2 aromatic carbocycles. The summed E-state index contributed by atoms with van der Waals surface area (Å²) in [5.41, 5.74) is 4.52. The van der Waals surface area contributed by atoms with Crippen molar-refractivity contribution in [3.8, 4) is 0 Å². The first-order valence-electron chi connectivity index (χ1n) is 9.06. The molecule has 0 bridgehead atoms. The highest BCUT2D eigenvalue weighted by atomic mass is 79.9. The van der Waals surface area contributed by atoms with Crippen LogP contribution in [0.15, 0.2) is 71.5 Å². The second-order valence-electron chi connectivity index (χ2n) is 6.77. The van der Waals surface area contributed by atoms with Crippen LogP contribution in [0.2, 0.25) is 0 Å². The van der Waals surface area contributed by atoms with Gasteiger partial charge in [-0.1, -0.05) is 52.4 Å². The number of hydrogen-bond acceptors (Lipinski definition) is 3. The number of aryl methyl sites for hydroxylation is 2. The van der Waals surface area contributed by atoms with E-state index in [9.17, 15) is 10.2 Å². The van der Waals surface area contributed by atoms with Crippen LogP contribution < -0.4 is 15.0 Å². The zero-order valence-electron chi connectivity index (χ0n) is 16.1. The second-order valence-corrected chi connectivity index (χ2v) is 8.03. The number of rotatable bonds is 5. The van der Waals surface area contributed by atoms with Crippen molar-refractivity contribution in [2.45, 2.75) is 20.5 Å². The molecule has 3 rings (SSSR count). The van der Waals surface area contributed by atoms with Gasteiger partial charge in [-0.3, -0.25) is 0 Å². The fourth-order valence-corrected chi connectivity index (χ4v) is 3.89. The van der Waals surface area contributed by atoms with Gasteiger partial charge >= 0.3 is 0 Å². The van der Waals surface area contributed by atoms with Gasteiger partial charge < -0.3 is 15.5 Å². The van der Waals surface area contributed by atoms with E-state index in [4.69, 9.17) is 12.2 Å². The zero-order valence-corrected chi connectivity index (χ0v) is 18.5. The van der Waals surface area contributed by atoms with Gasteiger partial charge in [-0.2, -0.15) is 4.57 Å². The van der Waals surface area contributed by atoms with Gasteiger partial charge in [-0.15, -0.1) is 0 Å². The normalized spacial score (nSPS) is 11.7. The lowest BCUT2D eigenvalue weighted by Crippen LogP contribution is -2.40. The highest BCUT2D eigenvalue weighted by molar-refractivity contribution is 9.10. The van der Waals surface area contributed by atoms with E-state index in [1.54, 1.807) is 35.2 Å². The quantitative estimate of drug-likeness (QED) is 0.257. The van der Waals surface area contributed by atoms with E-state index in [-0.39, 0.29) is 12.4 Å². The Hall–Kier alpha value is -2.54. The van der Waals surface area contributed by atoms with Crippen molar-refractivity contribution in [2.24, 2.45) is 0 Å². The maximum Gasteiger partial charge on any atom is 0.238 e. The first kappa shape index (κ1) is 21.2. The molecule has 0 saturated heterocycles. The van der Waals surface area contributed by atoms with Crippen molar-refractivity contribution < 1.29 is 14.8 Å². The van der Waals surface area contributed by atoms with E-state index in [1.165, 1.54) is 0 Å². The Kier molecular flexibility index (Phi) is 6.79. The number of benzene rings is 2. The number of aromatic nitrogens is 1. The van der Waals surface area contributed by atoms with Crippen molar-refractivity contribution in [1.82, 2.24) is 0 Å². The number of thiocarbonyl (C=S) groups is 1. The van der Waals surface area contributed by atoms with Gasteiger partial charge in [0.15, 0.2) is 17.4 Å². The van der Waals surface area contributed by atoms with Gasteiger partial charge in [0.25, 0.3) is 0 Å². The Morgan fingerprint density at radius 3 is 2.45 bits per heavy atom. The summed E-state index contributed by atoms with van der Waals surface area (Å²) in [6.07, 6.45) is 3.46. The van der Waals surface area contributed by atoms with Crippen LogP contribution in [-0.4, -0.2) is 10.1 Å². The smallest absolute Gasteiger partial charge is 0.238 e. The van der Waals surface area contributed by atoms with Crippen molar-refractivity contribution in [1.29, 1.82) is 0 Å². The monoisotopic (exact) mass is 468 g/mol. The molecule has 2 N–H and O–H groups in total. The third-order valence-corrected chi connectivity index (χ3v) is 5.32. The molecular weight excluding hydrogens is 448 g/mol. The summed E-state index contributed by atoms with van der Waals surface area (Å²) in [4.78, 5) is 0.302. The number of nitrogens with one attached hydrogen (secondary N) is 1.